The summed E-state index contributed by atoms with van der Waals surface area (Å²) < 4.78 is 0.602. The fraction of sp³-hybridized carbons (Fsp3) is 0.462. The quantitative estimate of drug-likeness (QED) is 0.343. The minimum Gasteiger partial charge on any atom is -0.335 e. The van der Waals surface area contributed by atoms with Gasteiger partial charge in [0.15, 0.2) is 22.1 Å². The SMILES string of the molecule is CN1C(=O)NC(=O)C2C1N=C(Br)N2CCCSc1ncccn1. The van der Waals surface area contributed by atoms with E-state index in [1.807, 2.05) is 4.90 Å². The summed E-state index contributed by atoms with van der Waals surface area (Å²) in [6.07, 6.45) is 3.78. The number of thioether (sulfide) groups is 1. The molecule has 23 heavy (non-hydrogen) atoms. The lowest BCUT2D eigenvalue weighted by molar-refractivity contribution is -0.127. The van der Waals surface area contributed by atoms with Crippen molar-refractivity contribution >= 4 is 44.4 Å². The Balaban J connectivity index is 1.57. The summed E-state index contributed by atoms with van der Waals surface area (Å²) in [7, 11) is 1.63. The molecule has 2 atom stereocenters. The number of fused-ring (bicyclic) bond motifs is 1. The minimum atomic E-state index is -0.481. The zero-order chi connectivity index (χ0) is 16.4. The third-order valence-corrected chi connectivity index (χ3v) is 5.25. The summed E-state index contributed by atoms with van der Waals surface area (Å²) in [5, 5.41) is 3.09. The molecule has 122 valence electrons. The standard InChI is InChI=1S/C13H15BrN6O2S/c1-19-9-8(10(21)18-13(19)22)20(11(14)17-9)6-3-7-23-12-15-4-2-5-16-12/h2,4-5,8-9H,3,6-7H2,1H3,(H,18,21,22). The molecule has 2 aliphatic rings. The van der Waals surface area contributed by atoms with E-state index < -0.39 is 18.2 Å². The fourth-order valence-corrected chi connectivity index (χ4v) is 3.82. The first-order chi connectivity index (χ1) is 11.1. The Kier molecular flexibility index (Phi) is 4.81. The minimum absolute atomic E-state index is 0.310. The highest BCUT2D eigenvalue weighted by atomic mass is 79.9. The molecule has 3 amide bonds. The van der Waals surface area contributed by atoms with Crippen LogP contribution in [0.4, 0.5) is 4.79 Å². The monoisotopic (exact) mass is 398 g/mol. The molecular formula is C13H15BrN6O2S. The van der Waals surface area contributed by atoms with E-state index in [-0.39, 0.29) is 5.91 Å². The van der Waals surface area contributed by atoms with Gasteiger partial charge in [0, 0.05) is 31.7 Å². The number of carbonyl (C=O) groups is 2. The van der Waals surface area contributed by atoms with Gasteiger partial charge in [-0.1, -0.05) is 11.8 Å². The van der Waals surface area contributed by atoms with Crippen LogP contribution in [0.15, 0.2) is 28.6 Å². The lowest BCUT2D eigenvalue weighted by atomic mass is 10.1. The largest absolute Gasteiger partial charge is 0.335 e. The number of hydrogen-bond acceptors (Lipinski definition) is 7. The highest BCUT2D eigenvalue weighted by Crippen LogP contribution is 2.26. The molecule has 1 saturated heterocycles. The number of rotatable bonds is 5. The van der Waals surface area contributed by atoms with E-state index in [1.54, 1.807) is 37.3 Å². The molecule has 0 aromatic carbocycles. The lowest BCUT2D eigenvalue weighted by Crippen LogP contribution is -2.63. The second-order valence-corrected chi connectivity index (χ2v) is 6.86. The number of hydrogen-bond donors (Lipinski definition) is 1. The highest BCUT2D eigenvalue weighted by molar-refractivity contribution is 9.18. The van der Waals surface area contributed by atoms with Crippen LogP contribution in [0.25, 0.3) is 0 Å². The maximum atomic E-state index is 12.1. The first-order valence-corrected chi connectivity index (χ1v) is 8.83. The maximum Gasteiger partial charge on any atom is 0.325 e. The Bertz CT molecular complexity index is 643. The van der Waals surface area contributed by atoms with Gasteiger partial charge in [0.05, 0.1) is 0 Å². The Morgan fingerprint density at radius 1 is 1.35 bits per heavy atom. The molecule has 0 saturated carbocycles. The van der Waals surface area contributed by atoms with E-state index in [9.17, 15) is 9.59 Å². The number of carbonyl (C=O) groups excluding carboxylic acids is 2. The number of amidine groups is 1. The van der Waals surface area contributed by atoms with Gasteiger partial charge in [-0.2, -0.15) is 0 Å². The Hall–Kier alpha value is -1.68. The molecule has 10 heteroatoms. The van der Waals surface area contributed by atoms with Crippen LogP contribution >= 0.6 is 27.7 Å². The molecule has 1 N–H and O–H groups in total. The van der Waals surface area contributed by atoms with Crippen molar-refractivity contribution in [2.45, 2.75) is 23.8 Å². The molecule has 2 aliphatic heterocycles. The number of halogens is 1. The van der Waals surface area contributed by atoms with Crippen molar-refractivity contribution in [3.8, 4) is 0 Å². The first kappa shape index (κ1) is 16.2. The summed E-state index contributed by atoms with van der Waals surface area (Å²) >= 11 is 4.96. The lowest BCUT2D eigenvalue weighted by Gasteiger charge is -2.35. The number of imide groups is 1. The predicted octanol–water partition coefficient (Wildman–Crippen LogP) is 0.902. The molecule has 1 fully saturated rings. The third kappa shape index (κ3) is 3.32. The van der Waals surface area contributed by atoms with Gasteiger partial charge in [0.2, 0.25) is 0 Å². The third-order valence-electron chi connectivity index (χ3n) is 3.63. The molecule has 0 radical (unpaired) electrons. The second kappa shape index (κ2) is 6.83. The molecule has 0 bridgehead atoms. The van der Waals surface area contributed by atoms with Crippen molar-refractivity contribution in [1.82, 2.24) is 25.1 Å². The van der Waals surface area contributed by atoms with Gasteiger partial charge in [0.1, 0.15) is 0 Å². The average Bonchev–Trinajstić information content (AvgIpc) is 2.88. The van der Waals surface area contributed by atoms with Gasteiger partial charge in [-0.25, -0.2) is 19.8 Å². The number of nitrogens with one attached hydrogen (secondary N) is 1. The molecule has 8 nitrogen and oxygen atoms in total. The summed E-state index contributed by atoms with van der Waals surface area (Å²) in [4.78, 5) is 39.8. The molecular weight excluding hydrogens is 384 g/mol. The van der Waals surface area contributed by atoms with E-state index in [1.165, 1.54) is 4.90 Å². The zero-order valence-electron chi connectivity index (χ0n) is 12.3. The molecule has 1 aromatic rings. The molecule has 0 spiro atoms. The smallest absolute Gasteiger partial charge is 0.325 e. The van der Waals surface area contributed by atoms with Gasteiger partial charge < -0.3 is 9.80 Å². The van der Waals surface area contributed by atoms with Crippen molar-refractivity contribution in [2.24, 2.45) is 4.99 Å². The van der Waals surface area contributed by atoms with E-state index in [0.29, 0.717) is 11.3 Å². The van der Waals surface area contributed by atoms with Gasteiger partial charge in [-0.05, 0) is 28.4 Å². The maximum absolute atomic E-state index is 12.1. The van der Waals surface area contributed by atoms with E-state index in [0.717, 1.165) is 17.3 Å². The van der Waals surface area contributed by atoms with Gasteiger partial charge in [0.25, 0.3) is 5.91 Å². The Morgan fingerprint density at radius 3 is 2.83 bits per heavy atom. The van der Waals surface area contributed by atoms with Crippen molar-refractivity contribution in [3.05, 3.63) is 18.5 Å². The highest BCUT2D eigenvalue weighted by Gasteiger charge is 2.47. The van der Waals surface area contributed by atoms with Crippen LogP contribution in [0.5, 0.6) is 0 Å². The Labute approximate surface area is 145 Å². The van der Waals surface area contributed by atoms with Crippen LogP contribution in [-0.2, 0) is 4.79 Å². The summed E-state index contributed by atoms with van der Waals surface area (Å²) in [5.41, 5.74) is 0. The molecule has 0 aliphatic carbocycles. The Morgan fingerprint density at radius 2 is 2.09 bits per heavy atom. The molecule has 1 aromatic heterocycles. The number of amides is 3. The van der Waals surface area contributed by atoms with Crippen LogP contribution < -0.4 is 5.32 Å². The van der Waals surface area contributed by atoms with Crippen LogP contribution in [-0.4, -0.2) is 68.0 Å². The number of aromatic nitrogens is 2. The number of aliphatic imine (C=N–C) groups is 1. The van der Waals surface area contributed by atoms with Crippen LogP contribution in [0, 0.1) is 0 Å². The van der Waals surface area contributed by atoms with E-state index in [2.05, 4.69) is 36.2 Å². The molecule has 3 heterocycles. The summed E-state index contributed by atoms with van der Waals surface area (Å²) in [6, 6.07) is 0.880. The normalized spacial score (nSPS) is 23.7. The van der Waals surface area contributed by atoms with Crippen molar-refractivity contribution in [3.63, 3.8) is 0 Å². The first-order valence-electron chi connectivity index (χ1n) is 7.05. The molecule has 3 rings (SSSR count). The zero-order valence-corrected chi connectivity index (χ0v) is 14.7. The summed E-state index contributed by atoms with van der Waals surface area (Å²) in [5.74, 6) is 0.518. The van der Waals surface area contributed by atoms with E-state index >= 15 is 0 Å². The van der Waals surface area contributed by atoms with Crippen LogP contribution in [0.2, 0.25) is 0 Å². The number of nitrogens with zero attached hydrogens (tertiary/aromatic N) is 5. The van der Waals surface area contributed by atoms with Crippen LogP contribution in [0.1, 0.15) is 6.42 Å². The predicted molar refractivity (Wildman–Crippen MR) is 89.3 cm³/mol. The number of likely N-dealkylation sites (N-methyl/N-ethyl adjacent to an activating group) is 1. The second-order valence-electron chi connectivity index (χ2n) is 5.09. The van der Waals surface area contributed by atoms with Gasteiger partial charge in [-0.3, -0.25) is 10.1 Å². The van der Waals surface area contributed by atoms with Crippen molar-refractivity contribution in [2.75, 3.05) is 19.3 Å². The fourth-order valence-electron chi connectivity index (χ4n) is 2.48. The average molecular weight is 399 g/mol. The van der Waals surface area contributed by atoms with Gasteiger partial charge >= 0.3 is 6.03 Å². The van der Waals surface area contributed by atoms with Gasteiger partial charge in [-0.15, -0.1) is 0 Å². The van der Waals surface area contributed by atoms with Crippen LogP contribution in [0.3, 0.4) is 0 Å². The van der Waals surface area contributed by atoms with Crippen molar-refractivity contribution in [1.29, 1.82) is 0 Å². The number of urea groups is 1. The topological polar surface area (TPSA) is 90.8 Å². The molecule has 2 unspecified atom stereocenters. The van der Waals surface area contributed by atoms with E-state index in [4.69, 9.17) is 0 Å². The summed E-state index contributed by atoms with van der Waals surface area (Å²) in [6.45, 7) is 0.653. The van der Waals surface area contributed by atoms with Crippen molar-refractivity contribution < 1.29 is 9.59 Å².